The first-order valence-corrected chi connectivity index (χ1v) is 9.43. The molecule has 0 unspecified atom stereocenters. The van der Waals surface area contributed by atoms with Crippen molar-refractivity contribution in [3.63, 3.8) is 0 Å². The minimum atomic E-state index is 0.0264. The highest BCUT2D eigenvalue weighted by molar-refractivity contribution is 5.92. The zero-order valence-electron chi connectivity index (χ0n) is 15.8. The summed E-state index contributed by atoms with van der Waals surface area (Å²) in [6, 6.07) is 10.7. The molecule has 1 aliphatic carbocycles. The Balaban J connectivity index is 1.59. The van der Waals surface area contributed by atoms with Crippen molar-refractivity contribution >= 4 is 16.7 Å². The standard InChI is InChI=1S/C21H25N5O/c1-26(2)17-7-5-16(6-8-17)25-21-18-11-14(3-9-19(18)23-13-24-21)15-4-10-20(27)22-12-15/h3-4,9-13,16-17H,5-8H2,1-2H3,(H,22,27)(H,23,24,25)/t16-,17-. The maximum atomic E-state index is 9.41. The summed E-state index contributed by atoms with van der Waals surface area (Å²) < 4.78 is 0. The summed E-state index contributed by atoms with van der Waals surface area (Å²) in [5, 5.41) is 14.1. The summed E-state index contributed by atoms with van der Waals surface area (Å²) in [7, 11) is 4.33. The van der Waals surface area contributed by atoms with E-state index in [2.05, 4.69) is 45.3 Å². The molecular weight excluding hydrogens is 338 g/mol. The molecular formula is C21H25N5O. The molecule has 0 aliphatic heterocycles. The van der Waals surface area contributed by atoms with E-state index < -0.39 is 0 Å². The van der Waals surface area contributed by atoms with Crippen LogP contribution in [-0.2, 0) is 0 Å². The van der Waals surface area contributed by atoms with Gasteiger partial charge in [-0.25, -0.2) is 15.0 Å². The van der Waals surface area contributed by atoms with Crippen LogP contribution in [0.4, 0.5) is 5.82 Å². The number of pyridine rings is 1. The highest BCUT2D eigenvalue weighted by Crippen LogP contribution is 2.29. The van der Waals surface area contributed by atoms with Crippen molar-refractivity contribution < 1.29 is 5.11 Å². The largest absolute Gasteiger partial charge is 0.493 e. The van der Waals surface area contributed by atoms with E-state index >= 15 is 0 Å². The molecule has 1 aliphatic rings. The molecule has 6 nitrogen and oxygen atoms in total. The molecule has 3 aromatic rings. The van der Waals surface area contributed by atoms with Gasteiger partial charge in [0.05, 0.1) is 5.52 Å². The third-order valence-corrected chi connectivity index (χ3v) is 5.48. The van der Waals surface area contributed by atoms with E-state index in [1.807, 2.05) is 18.2 Å². The Kier molecular flexibility index (Phi) is 4.90. The number of nitrogens with one attached hydrogen (secondary N) is 1. The monoisotopic (exact) mass is 363 g/mol. The van der Waals surface area contributed by atoms with Crippen LogP contribution in [-0.4, -0.2) is 51.1 Å². The van der Waals surface area contributed by atoms with Gasteiger partial charge in [-0.2, -0.15) is 0 Å². The Hall–Kier alpha value is -2.73. The number of anilines is 1. The van der Waals surface area contributed by atoms with Crippen LogP contribution in [0.15, 0.2) is 42.9 Å². The van der Waals surface area contributed by atoms with Gasteiger partial charge >= 0.3 is 0 Å². The zero-order valence-corrected chi connectivity index (χ0v) is 15.8. The van der Waals surface area contributed by atoms with Crippen LogP contribution >= 0.6 is 0 Å². The third-order valence-electron chi connectivity index (χ3n) is 5.48. The summed E-state index contributed by atoms with van der Waals surface area (Å²) in [6.45, 7) is 0. The number of rotatable bonds is 4. The molecule has 0 radical (unpaired) electrons. The molecule has 0 amide bonds. The molecule has 2 N–H and O–H groups in total. The molecule has 140 valence electrons. The fraction of sp³-hybridized carbons (Fsp3) is 0.381. The second-order valence-electron chi connectivity index (χ2n) is 7.47. The topological polar surface area (TPSA) is 74.2 Å². The molecule has 0 atom stereocenters. The maximum absolute atomic E-state index is 9.41. The third kappa shape index (κ3) is 3.85. The van der Waals surface area contributed by atoms with Crippen molar-refractivity contribution in [2.45, 2.75) is 37.8 Å². The predicted octanol–water partition coefficient (Wildman–Crippen LogP) is 3.68. The van der Waals surface area contributed by atoms with Gasteiger partial charge in [-0.15, -0.1) is 0 Å². The van der Waals surface area contributed by atoms with E-state index in [0.29, 0.717) is 12.1 Å². The van der Waals surface area contributed by atoms with Crippen molar-refractivity contribution in [1.82, 2.24) is 19.9 Å². The second kappa shape index (κ2) is 7.48. The number of aromatic nitrogens is 3. The van der Waals surface area contributed by atoms with E-state index in [1.165, 1.54) is 12.8 Å². The molecule has 1 fully saturated rings. The Bertz CT molecular complexity index is 918. The van der Waals surface area contributed by atoms with Crippen LogP contribution in [0, 0.1) is 0 Å². The minimum Gasteiger partial charge on any atom is -0.493 e. The van der Waals surface area contributed by atoms with Crippen LogP contribution in [0.3, 0.4) is 0 Å². The van der Waals surface area contributed by atoms with Crippen molar-refractivity contribution in [1.29, 1.82) is 0 Å². The van der Waals surface area contributed by atoms with Crippen LogP contribution < -0.4 is 5.32 Å². The van der Waals surface area contributed by atoms with Crippen molar-refractivity contribution in [2.24, 2.45) is 0 Å². The van der Waals surface area contributed by atoms with Gasteiger partial charge in [-0.3, -0.25) is 0 Å². The molecule has 1 aromatic carbocycles. The SMILES string of the molecule is CN(C)[C@H]1CC[C@H](Nc2ncnc3ccc(-c4ccc(O)nc4)cc23)CC1. The highest BCUT2D eigenvalue weighted by Gasteiger charge is 2.23. The number of hydrogen-bond donors (Lipinski definition) is 2. The predicted molar refractivity (Wildman–Crippen MR) is 108 cm³/mol. The van der Waals surface area contributed by atoms with Gasteiger partial charge in [0.2, 0.25) is 5.88 Å². The van der Waals surface area contributed by atoms with Gasteiger partial charge in [-0.05, 0) is 63.5 Å². The average Bonchev–Trinajstić information content (AvgIpc) is 2.69. The summed E-state index contributed by atoms with van der Waals surface area (Å²) in [5.74, 6) is 0.917. The van der Waals surface area contributed by atoms with Crippen LogP contribution in [0.25, 0.3) is 22.0 Å². The zero-order chi connectivity index (χ0) is 18.8. The van der Waals surface area contributed by atoms with Gasteiger partial charge in [0.25, 0.3) is 0 Å². The summed E-state index contributed by atoms with van der Waals surface area (Å²) in [5.41, 5.74) is 2.91. The van der Waals surface area contributed by atoms with E-state index in [4.69, 9.17) is 0 Å². The lowest BCUT2D eigenvalue weighted by molar-refractivity contribution is 0.221. The Morgan fingerprint density at radius 2 is 1.74 bits per heavy atom. The molecule has 0 saturated heterocycles. The first-order valence-electron chi connectivity index (χ1n) is 9.43. The molecule has 2 aromatic heterocycles. The van der Waals surface area contributed by atoms with E-state index in [1.54, 1.807) is 18.6 Å². The van der Waals surface area contributed by atoms with E-state index in [-0.39, 0.29) is 5.88 Å². The molecule has 27 heavy (non-hydrogen) atoms. The molecule has 0 spiro atoms. The maximum Gasteiger partial charge on any atom is 0.210 e. The van der Waals surface area contributed by atoms with Crippen LogP contribution in [0.5, 0.6) is 5.88 Å². The second-order valence-corrected chi connectivity index (χ2v) is 7.47. The number of benzene rings is 1. The average molecular weight is 363 g/mol. The molecule has 1 saturated carbocycles. The first-order chi connectivity index (χ1) is 13.1. The Morgan fingerprint density at radius 3 is 2.44 bits per heavy atom. The quantitative estimate of drug-likeness (QED) is 0.736. The highest BCUT2D eigenvalue weighted by atomic mass is 16.3. The van der Waals surface area contributed by atoms with Crippen molar-refractivity contribution in [2.75, 3.05) is 19.4 Å². The summed E-state index contributed by atoms with van der Waals surface area (Å²) in [6.07, 6.45) is 8.01. The lowest BCUT2D eigenvalue weighted by atomic mass is 9.90. The van der Waals surface area contributed by atoms with E-state index in [0.717, 1.165) is 40.7 Å². The van der Waals surface area contributed by atoms with Crippen LogP contribution in [0.1, 0.15) is 25.7 Å². The van der Waals surface area contributed by atoms with Crippen LogP contribution in [0.2, 0.25) is 0 Å². The number of fused-ring (bicyclic) bond motifs is 1. The first kappa shape index (κ1) is 17.7. The molecule has 2 heterocycles. The molecule has 6 heteroatoms. The minimum absolute atomic E-state index is 0.0264. The Labute approximate surface area is 159 Å². The number of hydrogen-bond acceptors (Lipinski definition) is 6. The number of aromatic hydroxyl groups is 1. The molecule has 0 bridgehead atoms. The fourth-order valence-electron chi connectivity index (χ4n) is 3.84. The van der Waals surface area contributed by atoms with Crippen molar-refractivity contribution in [3.05, 3.63) is 42.9 Å². The Morgan fingerprint density at radius 1 is 0.963 bits per heavy atom. The van der Waals surface area contributed by atoms with Gasteiger partial charge < -0.3 is 15.3 Å². The molecule has 4 rings (SSSR count). The summed E-state index contributed by atoms with van der Waals surface area (Å²) in [4.78, 5) is 15.2. The van der Waals surface area contributed by atoms with Gasteiger partial charge in [0.15, 0.2) is 0 Å². The lowest BCUT2D eigenvalue weighted by Crippen LogP contribution is -2.36. The smallest absolute Gasteiger partial charge is 0.210 e. The summed E-state index contributed by atoms with van der Waals surface area (Å²) >= 11 is 0. The fourth-order valence-corrected chi connectivity index (χ4v) is 3.84. The van der Waals surface area contributed by atoms with Gasteiger partial charge in [0, 0.05) is 35.3 Å². The lowest BCUT2D eigenvalue weighted by Gasteiger charge is -2.33. The number of nitrogens with zero attached hydrogens (tertiary/aromatic N) is 4. The van der Waals surface area contributed by atoms with Gasteiger partial charge in [-0.1, -0.05) is 6.07 Å². The van der Waals surface area contributed by atoms with E-state index in [9.17, 15) is 5.11 Å². The van der Waals surface area contributed by atoms with Gasteiger partial charge in [0.1, 0.15) is 12.1 Å². The van der Waals surface area contributed by atoms with Crippen molar-refractivity contribution in [3.8, 4) is 17.0 Å². The normalized spacial score (nSPS) is 20.1.